The summed E-state index contributed by atoms with van der Waals surface area (Å²) in [6.07, 6.45) is -2.01. The summed E-state index contributed by atoms with van der Waals surface area (Å²) in [6, 6.07) is 5.63. The molecule has 1 aromatic carbocycles. The van der Waals surface area contributed by atoms with Crippen LogP contribution in [0.3, 0.4) is 0 Å². The van der Waals surface area contributed by atoms with Crippen LogP contribution < -0.4 is 5.32 Å². The zero-order valence-corrected chi connectivity index (χ0v) is 11.8. The molecular weight excluding hydrogens is 267 g/mol. The Kier molecular flexibility index (Phi) is 6.75. The molecule has 1 N–H and O–H groups in total. The van der Waals surface area contributed by atoms with Gasteiger partial charge in [0, 0.05) is 20.2 Å². The van der Waals surface area contributed by atoms with Crippen molar-refractivity contribution in [1.29, 1.82) is 0 Å². The van der Waals surface area contributed by atoms with Gasteiger partial charge in [-0.2, -0.15) is 13.2 Å². The first kappa shape index (κ1) is 16.7. The lowest BCUT2D eigenvalue weighted by molar-refractivity contribution is -0.137. The Balaban J connectivity index is 2.84. The lowest BCUT2D eigenvalue weighted by Gasteiger charge is -2.12. The molecule has 0 fully saturated rings. The average molecular weight is 287 g/mol. The van der Waals surface area contributed by atoms with Crippen LogP contribution in [0, 0.1) is 0 Å². The fourth-order valence-corrected chi connectivity index (χ4v) is 1.80. The molecule has 2 nitrogen and oxygen atoms in total. The molecule has 1 aromatic rings. The lowest BCUT2D eigenvalue weighted by atomic mass is 10.0. The highest BCUT2D eigenvalue weighted by molar-refractivity contribution is 5.57. The molecule has 112 valence electrons. The van der Waals surface area contributed by atoms with E-state index >= 15 is 0 Å². The van der Waals surface area contributed by atoms with Gasteiger partial charge in [0.25, 0.3) is 0 Å². The van der Waals surface area contributed by atoms with Gasteiger partial charge in [-0.25, -0.2) is 0 Å². The minimum absolute atomic E-state index is 0.213. The van der Waals surface area contributed by atoms with Crippen molar-refractivity contribution >= 4 is 6.08 Å². The van der Waals surface area contributed by atoms with Crippen molar-refractivity contribution in [3.63, 3.8) is 0 Å². The average Bonchev–Trinajstić information content (AvgIpc) is 2.41. The summed E-state index contributed by atoms with van der Waals surface area (Å²) in [7, 11) is 1.61. The van der Waals surface area contributed by atoms with Crippen LogP contribution in [0.4, 0.5) is 13.2 Å². The van der Waals surface area contributed by atoms with Gasteiger partial charge in [-0.15, -0.1) is 0 Å². The number of hydrogen-bond donors (Lipinski definition) is 1. The highest BCUT2D eigenvalue weighted by atomic mass is 19.4. The first-order chi connectivity index (χ1) is 9.49. The molecule has 0 aliphatic rings. The Morgan fingerprint density at radius 1 is 1.30 bits per heavy atom. The van der Waals surface area contributed by atoms with Crippen molar-refractivity contribution in [2.45, 2.75) is 19.5 Å². The van der Waals surface area contributed by atoms with Crippen molar-refractivity contribution in [3.05, 3.63) is 41.0 Å². The smallest absolute Gasteiger partial charge is 0.383 e. The van der Waals surface area contributed by atoms with Crippen LogP contribution in [0.5, 0.6) is 0 Å². The van der Waals surface area contributed by atoms with E-state index in [4.69, 9.17) is 4.74 Å². The summed E-state index contributed by atoms with van der Waals surface area (Å²) in [5, 5.41) is 3.14. The summed E-state index contributed by atoms with van der Waals surface area (Å²) >= 11 is 0. The van der Waals surface area contributed by atoms with Crippen LogP contribution in [0.2, 0.25) is 0 Å². The van der Waals surface area contributed by atoms with Crippen LogP contribution in [-0.2, 0) is 10.9 Å². The van der Waals surface area contributed by atoms with E-state index in [1.165, 1.54) is 12.1 Å². The summed E-state index contributed by atoms with van der Waals surface area (Å²) in [5.41, 5.74) is 0.547. The van der Waals surface area contributed by atoms with Crippen LogP contribution in [0.25, 0.3) is 6.08 Å². The van der Waals surface area contributed by atoms with Gasteiger partial charge in [0.1, 0.15) is 0 Å². The topological polar surface area (TPSA) is 21.3 Å². The SMILES string of the molecule is CCC(=Cc1ccccc1C(F)(F)F)CNCCOC. The van der Waals surface area contributed by atoms with Gasteiger partial charge in [0.15, 0.2) is 0 Å². The number of rotatable bonds is 7. The van der Waals surface area contributed by atoms with E-state index < -0.39 is 11.7 Å². The summed E-state index contributed by atoms with van der Waals surface area (Å²) < 4.78 is 43.6. The molecule has 0 amide bonds. The first-order valence-corrected chi connectivity index (χ1v) is 6.54. The zero-order chi connectivity index (χ0) is 15.0. The molecule has 0 aliphatic carbocycles. The quantitative estimate of drug-likeness (QED) is 0.771. The highest BCUT2D eigenvalue weighted by Gasteiger charge is 2.32. The number of alkyl halides is 3. The molecule has 0 aliphatic heterocycles. The Morgan fingerprint density at radius 2 is 2.00 bits per heavy atom. The molecule has 0 atom stereocenters. The van der Waals surface area contributed by atoms with E-state index in [1.807, 2.05) is 6.92 Å². The fraction of sp³-hybridized carbons (Fsp3) is 0.467. The number of nitrogens with one attached hydrogen (secondary N) is 1. The van der Waals surface area contributed by atoms with E-state index in [-0.39, 0.29) is 5.56 Å². The molecule has 0 unspecified atom stereocenters. The number of hydrogen-bond acceptors (Lipinski definition) is 2. The monoisotopic (exact) mass is 287 g/mol. The summed E-state index contributed by atoms with van der Waals surface area (Å²) in [6.45, 7) is 3.75. The van der Waals surface area contributed by atoms with Gasteiger partial charge in [-0.3, -0.25) is 0 Å². The predicted octanol–water partition coefficient (Wildman–Crippen LogP) is 3.73. The van der Waals surface area contributed by atoms with E-state index in [1.54, 1.807) is 19.3 Å². The van der Waals surface area contributed by atoms with Crippen LogP contribution >= 0.6 is 0 Å². The summed E-state index contributed by atoms with van der Waals surface area (Å²) in [4.78, 5) is 0. The minimum atomic E-state index is -4.32. The molecule has 0 saturated heterocycles. The zero-order valence-electron chi connectivity index (χ0n) is 11.8. The second-order valence-corrected chi connectivity index (χ2v) is 4.41. The fourth-order valence-electron chi connectivity index (χ4n) is 1.80. The molecular formula is C15H20F3NO. The van der Waals surface area contributed by atoms with E-state index in [0.717, 1.165) is 11.6 Å². The second kappa shape index (κ2) is 8.07. The van der Waals surface area contributed by atoms with Gasteiger partial charge in [0.05, 0.1) is 12.2 Å². The first-order valence-electron chi connectivity index (χ1n) is 6.54. The van der Waals surface area contributed by atoms with Crippen LogP contribution in [0.1, 0.15) is 24.5 Å². The molecule has 5 heteroatoms. The third kappa shape index (κ3) is 5.35. The van der Waals surface area contributed by atoms with Crippen molar-refractivity contribution < 1.29 is 17.9 Å². The highest BCUT2D eigenvalue weighted by Crippen LogP contribution is 2.32. The largest absolute Gasteiger partial charge is 0.416 e. The Labute approximate surface area is 117 Å². The van der Waals surface area contributed by atoms with Gasteiger partial charge in [-0.1, -0.05) is 36.8 Å². The molecule has 0 saturated carbocycles. The van der Waals surface area contributed by atoms with Crippen molar-refractivity contribution in [2.75, 3.05) is 26.8 Å². The summed E-state index contributed by atoms with van der Waals surface area (Å²) in [5.74, 6) is 0. The predicted molar refractivity (Wildman–Crippen MR) is 74.5 cm³/mol. The van der Waals surface area contributed by atoms with Crippen molar-refractivity contribution in [2.24, 2.45) is 0 Å². The minimum Gasteiger partial charge on any atom is -0.383 e. The number of halogens is 3. The van der Waals surface area contributed by atoms with Gasteiger partial charge < -0.3 is 10.1 Å². The normalized spacial score (nSPS) is 12.8. The maximum Gasteiger partial charge on any atom is 0.416 e. The standard InChI is InChI=1S/C15H20F3NO/c1-3-12(11-19-8-9-20-2)10-13-6-4-5-7-14(13)15(16,17)18/h4-7,10,19H,3,8-9,11H2,1-2H3. The molecule has 0 spiro atoms. The van der Waals surface area contributed by atoms with Crippen LogP contribution in [0.15, 0.2) is 29.8 Å². The lowest BCUT2D eigenvalue weighted by Crippen LogP contribution is -2.21. The molecule has 0 radical (unpaired) electrons. The van der Waals surface area contributed by atoms with E-state index in [2.05, 4.69) is 5.32 Å². The van der Waals surface area contributed by atoms with E-state index in [9.17, 15) is 13.2 Å². The maximum atomic E-state index is 12.9. The molecule has 1 rings (SSSR count). The maximum absolute atomic E-state index is 12.9. The number of methoxy groups -OCH3 is 1. The van der Waals surface area contributed by atoms with E-state index in [0.29, 0.717) is 26.1 Å². The molecule has 0 aromatic heterocycles. The van der Waals surface area contributed by atoms with Crippen molar-refractivity contribution in [1.82, 2.24) is 5.32 Å². The third-order valence-electron chi connectivity index (χ3n) is 2.91. The number of ether oxygens (including phenoxy) is 1. The van der Waals surface area contributed by atoms with Gasteiger partial charge in [0.2, 0.25) is 0 Å². The van der Waals surface area contributed by atoms with Crippen LogP contribution in [-0.4, -0.2) is 26.8 Å². The van der Waals surface area contributed by atoms with Gasteiger partial charge >= 0.3 is 6.18 Å². The second-order valence-electron chi connectivity index (χ2n) is 4.41. The Morgan fingerprint density at radius 3 is 2.60 bits per heavy atom. The molecule has 20 heavy (non-hydrogen) atoms. The van der Waals surface area contributed by atoms with Crippen molar-refractivity contribution in [3.8, 4) is 0 Å². The number of benzene rings is 1. The third-order valence-corrected chi connectivity index (χ3v) is 2.91. The molecule has 0 bridgehead atoms. The molecule has 0 heterocycles. The Bertz CT molecular complexity index is 441. The van der Waals surface area contributed by atoms with Gasteiger partial charge in [-0.05, 0) is 18.1 Å². The Hall–Kier alpha value is -1.33.